The molecule has 0 atom stereocenters. The van der Waals surface area contributed by atoms with Gasteiger partial charge in [0.1, 0.15) is 0 Å². The standard InChI is InChI=1S/C8H11OSi/c1-9-7-10-8-5-3-2-4-6-8/h2-6,10H,7H2,1H3. The molecule has 0 N–H and O–H groups in total. The number of methoxy groups -OCH3 is 1. The second-order valence-corrected chi connectivity index (χ2v) is 3.48. The minimum absolute atomic E-state index is 0.324. The summed E-state index contributed by atoms with van der Waals surface area (Å²) in [5.74, 6) is 0. The summed E-state index contributed by atoms with van der Waals surface area (Å²) in [5.41, 5.74) is 0. The molecule has 0 aliphatic heterocycles. The van der Waals surface area contributed by atoms with Crippen LogP contribution in [-0.4, -0.2) is 22.9 Å². The van der Waals surface area contributed by atoms with Crippen LogP contribution in [0.25, 0.3) is 0 Å². The fourth-order valence-electron chi connectivity index (χ4n) is 0.769. The molecule has 53 valence electrons. The Morgan fingerprint density at radius 2 is 2.00 bits per heavy atom. The highest BCUT2D eigenvalue weighted by molar-refractivity contribution is 6.53. The SMILES string of the molecule is COC[SiH]c1ccccc1. The van der Waals surface area contributed by atoms with Gasteiger partial charge in [-0.2, -0.15) is 0 Å². The summed E-state index contributed by atoms with van der Waals surface area (Å²) in [6.07, 6.45) is 0.893. The largest absolute Gasteiger partial charge is 0.388 e. The lowest BCUT2D eigenvalue weighted by Gasteiger charge is -1.96. The van der Waals surface area contributed by atoms with E-state index in [2.05, 4.69) is 24.3 Å². The van der Waals surface area contributed by atoms with Crippen molar-refractivity contribution in [2.24, 2.45) is 0 Å². The van der Waals surface area contributed by atoms with Crippen molar-refractivity contribution in [3.63, 3.8) is 0 Å². The molecule has 10 heavy (non-hydrogen) atoms. The van der Waals surface area contributed by atoms with E-state index in [1.165, 1.54) is 5.19 Å². The molecule has 1 nitrogen and oxygen atoms in total. The first-order valence-corrected chi connectivity index (χ1v) is 4.70. The summed E-state index contributed by atoms with van der Waals surface area (Å²) < 4.78 is 4.98. The highest BCUT2D eigenvalue weighted by Gasteiger charge is 1.89. The first kappa shape index (κ1) is 7.50. The molecule has 0 unspecified atom stereocenters. The molecule has 2 heteroatoms. The third-order valence-corrected chi connectivity index (χ3v) is 2.64. The first-order valence-electron chi connectivity index (χ1n) is 3.30. The van der Waals surface area contributed by atoms with Crippen molar-refractivity contribution >= 4 is 14.7 Å². The minimum atomic E-state index is 0.324. The Balaban J connectivity index is 2.43. The van der Waals surface area contributed by atoms with Gasteiger partial charge in [-0.15, -0.1) is 0 Å². The minimum Gasteiger partial charge on any atom is -0.388 e. The second kappa shape index (κ2) is 4.25. The van der Waals surface area contributed by atoms with Crippen molar-refractivity contribution < 1.29 is 4.74 Å². The molecule has 0 saturated heterocycles. The summed E-state index contributed by atoms with van der Waals surface area (Å²) in [4.78, 5) is 0. The highest BCUT2D eigenvalue weighted by atomic mass is 28.2. The van der Waals surface area contributed by atoms with Crippen molar-refractivity contribution in [1.29, 1.82) is 0 Å². The number of benzene rings is 1. The van der Waals surface area contributed by atoms with Crippen molar-refractivity contribution in [2.45, 2.75) is 0 Å². The van der Waals surface area contributed by atoms with Crippen LogP contribution in [0.15, 0.2) is 30.3 Å². The maximum absolute atomic E-state index is 4.98. The van der Waals surface area contributed by atoms with E-state index >= 15 is 0 Å². The van der Waals surface area contributed by atoms with E-state index in [0.29, 0.717) is 9.52 Å². The smallest absolute Gasteiger partial charge is 0.0985 e. The highest BCUT2D eigenvalue weighted by Crippen LogP contribution is 1.80. The average molecular weight is 151 g/mol. The molecule has 0 aliphatic carbocycles. The lowest BCUT2D eigenvalue weighted by molar-refractivity contribution is 0.252. The average Bonchev–Trinajstić information content (AvgIpc) is 2.03. The van der Waals surface area contributed by atoms with Crippen molar-refractivity contribution in [2.75, 3.05) is 13.3 Å². The fourth-order valence-corrected chi connectivity index (χ4v) is 1.62. The molecule has 0 aromatic heterocycles. The van der Waals surface area contributed by atoms with Crippen LogP contribution in [-0.2, 0) is 4.74 Å². The Kier molecular flexibility index (Phi) is 3.19. The molecule has 1 aromatic carbocycles. The van der Waals surface area contributed by atoms with E-state index in [0.717, 1.165) is 6.23 Å². The van der Waals surface area contributed by atoms with Crippen LogP contribution < -0.4 is 5.19 Å². The summed E-state index contributed by atoms with van der Waals surface area (Å²) >= 11 is 0. The summed E-state index contributed by atoms with van der Waals surface area (Å²) in [6.45, 7) is 0. The van der Waals surface area contributed by atoms with Crippen LogP contribution >= 0.6 is 0 Å². The molecule has 1 aromatic rings. The van der Waals surface area contributed by atoms with Gasteiger partial charge in [0.2, 0.25) is 0 Å². The maximum atomic E-state index is 4.98. The van der Waals surface area contributed by atoms with Gasteiger partial charge in [0.05, 0.1) is 9.52 Å². The fraction of sp³-hybridized carbons (Fsp3) is 0.250. The van der Waals surface area contributed by atoms with Crippen LogP contribution in [0.1, 0.15) is 0 Å². The van der Waals surface area contributed by atoms with Gasteiger partial charge in [0, 0.05) is 13.3 Å². The number of hydrogen-bond donors (Lipinski definition) is 0. The van der Waals surface area contributed by atoms with Gasteiger partial charge < -0.3 is 4.74 Å². The molecular weight excluding hydrogens is 140 g/mol. The topological polar surface area (TPSA) is 9.23 Å². The lowest BCUT2D eigenvalue weighted by atomic mass is 10.4. The Morgan fingerprint density at radius 1 is 1.30 bits per heavy atom. The van der Waals surface area contributed by atoms with Gasteiger partial charge in [-0.05, 0) is 0 Å². The molecule has 0 aliphatic rings. The van der Waals surface area contributed by atoms with Crippen LogP contribution in [0, 0.1) is 0 Å². The Bertz CT molecular complexity index is 174. The van der Waals surface area contributed by atoms with E-state index in [-0.39, 0.29) is 0 Å². The third kappa shape index (κ3) is 2.33. The Hall–Kier alpha value is -0.603. The number of hydrogen-bond acceptors (Lipinski definition) is 1. The molecule has 0 amide bonds. The quantitative estimate of drug-likeness (QED) is 0.567. The van der Waals surface area contributed by atoms with Gasteiger partial charge in [-0.25, -0.2) is 0 Å². The first-order chi connectivity index (χ1) is 4.93. The third-order valence-electron chi connectivity index (χ3n) is 1.29. The zero-order chi connectivity index (χ0) is 7.23. The molecule has 0 bridgehead atoms. The van der Waals surface area contributed by atoms with Gasteiger partial charge in [-0.1, -0.05) is 35.5 Å². The van der Waals surface area contributed by atoms with Crippen molar-refractivity contribution in [1.82, 2.24) is 0 Å². The second-order valence-electron chi connectivity index (χ2n) is 2.07. The zero-order valence-corrected chi connectivity index (χ0v) is 7.23. The normalized spacial score (nSPS) is 9.70. The van der Waals surface area contributed by atoms with Crippen LogP contribution in [0.5, 0.6) is 0 Å². The van der Waals surface area contributed by atoms with Gasteiger partial charge >= 0.3 is 0 Å². The predicted octanol–water partition coefficient (Wildman–Crippen LogP) is 0.352. The van der Waals surface area contributed by atoms with Crippen LogP contribution in [0.2, 0.25) is 0 Å². The predicted molar refractivity (Wildman–Crippen MR) is 45.1 cm³/mol. The molecule has 0 saturated carbocycles. The summed E-state index contributed by atoms with van der Waals surface area (Å²) in [7, 11) is 2.07. The Morgan fingerprint density at radius 3 is 2.60 bits per heavy atom. The lowest BCUT2D eigenvalue weighted by Crippen LogP contribution is -2.17. The van der Waals surface area contributed by atoms with E-state index < -0.39 is 0 Å². The van der Waals surface area contributed by atoms with E-state index in [1.54, 1.807) is 7.11 Å². The van der Waals surface area contributed by atoms with E-state index in [4.69, 9.17) is 4.74 Å². The summed E-state index contributed by atoms with van der Waals surface area (Å²) in [5, 5.41) is 1.42. The van der Waals surface area contributed by atoms with Crippen molar-refractivity contribution in [3.8, 4) is 0 Å². The molecule has 1 radical (unpaired) electrons. The molecule has 0 spiro atoms. The van der Waals surface area contributed by atoms with Crippen molar-refractivity contribution in [3.05, 3.63) is 30.3 Å². The molecular formula is C8H11OSi. The zero-order valence-electron chi connectivity index (χ0n) is 6.08. The van der Waals surface area contributed by atoms with Crippen LogP contribution in [0.3, 0.4) is 0 Å². The van der Waals surface area contributed by atoms with E-state index in [1.807, 2.05) is 6.07 Å². The van der Waals surface area contributed by atoms with Gasteiger partial charge in [0.25, 0.3) is 0 Å². The maximum Gasteiger partial charge on any atom is 0.0985 e. The monoisotopic (exact) mass is 151 g/mol. The number of rotatable bonds is 3. The van der Waals surface area contributed by atoms with E-state index in [9.17, 15) is 0 Å². The number of ether oxygens (including phenoxy) is 1. The molecule has 0 fully saturated rings. The molecule has 0 heterocycles. The van der Waals surface area contributed by atoms with Gasteiger partial charge in [0.15, 0.2) is 0 Å². The summed E-state index contributed by atoms with van der Waals surface area (Å²) in [6, 6.07) is 10.5. The van der Waals surface area contributed by atoms with Crippen LogP contribution in [0.4, 0.5) is 0 Å². The van der Waals surface area contributed by atoms with Gasteiger partial charge in [-0.3, -0.25) is 0 Å². The Labute approximate surface area is 63.8 Å². The molecule has 1 rings (SSSR count).